The average Bonchev–Trinajstić information content (AvgIpc) is 2.67. The van der Waals surface area contributed by atoms with Gasteiger partial charge >= 0.3 is 0 Å². The third-order valence-electron chi connectivity index (χ3n) is 5.08. The van der Waals surface area contributed by atoms with E-state index in [2.05, 4.69) is 46.5 Å². The Morgan fingerprint density at radius 3 is 2.89 bits per heavy atom. The Morgan fingerprint density at radius 1 is 1.33 bits per heavy atom. The molecule has 2 heterocycles. The normalized spacial score (nSPS) is 21.5. The van der Waals surface area contributed by atoms with Gasteiger partial charge in [-0.15, -0.1) is 24.0 Å². The molecular formula is C20H34IN5O. The van der Waals surface area contributed by atoms with Gasteiger partial charge in [-0.05, 0) is 44.4 Å². The first-order chi connectivity index (χ1) is 12.7. The number of aliphatic imine (C=N–C) groups is 1. The average molecular weight is 487 g/mol. The molecule has 1 saturated carbocycles. The number of rotatable bonds is 5. The van der Waals surface area contributed by atoms with Crippen molar-refractivity contribution in [3.05, 3.63) is 23.9 Å². The van der Waals surface area contributed by atoms with Crippen LogP contribution in [0.5, 0.6) is 0 Å². The molecule has 27 heavy (non-hydrogen) atoms. The summed E-state index contributed by atoms with van der Waals surface area (Å²) in [6, 6.07) is 4.77. The summed E-state index contributed by atoms with van der Waals surface area (Å²) in [4.78, 5) is 11.6. The van der Waals surface area contributed by atoms with Crippen LogP contribution in [-0.2, 0) is 11.3 Å². The molecule has 0 spiro atoms. The number of nitrogens with zero attached hydrogens (tertiary/aromatic N) is 3. The molecule has 1 saturated heterocycles. The van der Waals surface area contributed by atoms with E-state index in [1.165, 1.54) is 37.7 Å². The SMILES string of the molecule is CCNC(=NCc1ccnc(N2CCOC(C)C2)c1)NC1CCCCC1.I. The van der Waals surface area contributed by atoms with Gasteiger partial charge < -0.3 is 20.3 Å². The molecule has 0 bridgehead atoms. The Hall–Kier alpha value is -1.09. The Bertz CT molecular complexity index is 591. The Morgan fingerprint density at radius 2 is 2.15 bits per heavy atom. The molecule has 6 nitrogen and oxygen atoms in total. The van der Waals surface area contributed by atoms with Crippen LogP contribution in [0.3, 0.4) is 0 Å². The predicted molar refractivity (Wildman–Crippen MR) is 122 cm³/mol. The highest BCUT2D eigenvalue weighted by Gasteiger charge is 2.18. The fraction of sp³-hybridized carbons (Fsp3) is 0.700. The molecule has 1 aromatic rings. The van der Waals surface area contributed by atoms with Crippen LogP contribution < -0.4 is 15.5 Å². The first kappa shape index (κ1) is 22.2. The van der Waals surface area contributed by atoms with Gasteiger partial charge in [0.05, 0.1) is 19.3 Å². The summed E-state index contributed by atoms with van der Waals surface area (Å²) in [5.41, 5.74) is 1.19. The summed E-state index contributed by atoms with van der Waals surface area (Å²) in [5, 5.41) is 6.99. The lowest BCUT2D eigenvalue weighted by Crippen LogP contribution is -2.44. The number of hydrogen-bond acceptors (Lipinski definition) is 4. The number of hydrogen-bond donors (Lipinski definition) is 2. The van der Waals surface area contributed by atoms with E-state index in [0.29, 0.717) is 12.6 Å². The third-order valence-corrected chi connectivity index (χ3v) is 5.08. The number of aromatic nitrogens is 1. The molecule has 0 radical (unpaired) electrons. The van der Waals surface area contributed by atoms with Crippen molar-refractivity contribution in [1.82, 2.24) is 15.6 Å². The van der Waals surface area contributed by atoms with E-state index in [1.807, 2.05) is 6.20 Å². The molecule has 0 aromatic carbocycles. The van der Waals surface area contributed by atoms with Crippen LogP contribution in [0.2, 0.25) is 0 Å². The topological polar surface area (TPSA) is 61.8 Å². The van der Waals surface area contributed by atoms with Gasteiger partial charge in [0.2, 0.25) is 0 Å². The van der Waals surface area contributed by atoms with E-state index in [9.17, 15) is 0 Å². The molecule has 1 atom stereocenters. The van der Waals surface area contributed by atoms with Crippen molar-refractivity contribution in [2.75, 3.05) is 31.1 Å². The number of halogens is 1. The molecule has 2 N–H and O–H groups in total. The largest absolute Gasteiger partial charge is 0.375 e. The Kier molecular flexibility index (Phi) is 9.61. The van der Waals surface area contributed by atoms with E-state index in [1.54, 1.807) is 0 Å². The number of anilines is 1. The maximum Gasteiger partial charge on any atom is 0.191 e. The summed E-state index contributed by atoms with van der Waals surface area (Å²) in [7, 11) is 0. The van der Waals surface area contributed by atoms with E-state index in [-0.39, 0.29) is 30.1 Å². The van der Waals surface area contributed by atoms with Crippen LogP contribution >= 0.6 is 24.0 Å². The van der Waals surface area contributed by atoms with Crippen molar-refractivity contribution in [3.63, 3.8) is 0 Å². The van der Waals surface area contributed by atoms with Gasteiger partial charge in [0, 0.05) is 31.9 Å². The highest BCUT2D eigenvalue weighted by atomic mass is 127. The maximum atomic E-state index is 5.63. The van der Waals surface area contributed by atoms with Crippen LogP contribution in [0.4, 0.5) is 5.82 Å². The molecule has 2 fully saturated rings. The van der Waals surface area contributed by atoms with Crippen LogP contribution in [0.25, 0.3) is 0 Å². The van der Waals surface area contributed by atoms with Crippen molar-refractivity contribution in [2.45, 2.75) is 64.6 Å². The number of nitrogens with one attached hydrogen (secondary N) is 2. The zero-order valence-corrected chi connectivity index (χ0v) is 18.9. The summed E-state index contributed by atoms with van der Waals surface area (Å²) >= 11 is 0. The van der Waals surface area contributed by atoms with Crippen LogP contribution in [0.1, 0.15) is 51.5 Å². The lowest BCUT2D eigenvalue weighted by atomic mass is 9.96. The molecule has 1 aliphatic heterocycles. The number of morpholine rings is 1. The molecule has 152 valence electrons. The quantitative estimate of drug-likeness (QED) is 0.379. The number of ether oxygens (including phenoxy) is 1. The molecule has 1 unspecified atom stereocenters. The number of pyridine rings is 1. The summed E-state index contributed by atoms with van der Waals surface area (Å²) in [6.45, 7) is 8.33. The third kappa shape index (κ3) is 7.10. The van der Waals surface area contributed by atoms with Gasteiger partial charge in [-0.1, -0.05) is 19.3 Å². The minimum atomic E-state index is 0. The van der Waals surface area contributed by atoms with Gasteiger partial charge in [-0.25, -0.2) is 9.98 Å². The van der Waals surface area contributed by atoms with Crippen LogP contribution in [0, 0.1) is 0 Å². The van der Waals surface area contributed by atoms with Gasteiger partial charge in [0.15, 0.2) is 5.96 Å². The molecule has 1 aliphatic carbocycles. The van der Waals surface area contributed by atoms with Crippen LogP contribution in [-0.4, -0.2) is 49.3 Å². The van der Waals surface area contributed by atoms with Crippen LogP contribution in [0.15, 0.2) is 23.3 Å². The van der Waals surface area contributed by atoms with Gasteiger partial charge in [-0.2, -0.15) is 0 Å². The fourth-order valence-electron chi connectivity index (χ4n) is 3.69. The summed E-state index contributed by atoms with van der Waals surface area (Å²) in [5.74, 6) is 1.95. The zero-order valence-electron chi connectivity index (χ0n) is 16.6. The van der Waals surface area contributed by atoms with E-state index >= 15 is 0 Å². The highest BCUT2D eigenvalue weighted by Crippen LogP contribution is 2.18. The minimum Gasteiger partial charge on any atom is -0.375 e. The fourth-order valence-corrected chi connectivity index (χ4v) is 3.69. The standard InChI is InChI=1S/C20H33N5O.HI/c1-3-21-20(24-18-7-5-4-6-8-18)23-14-17-9-10-22-19(13-17)25-11-12-26-16(2)15-25;/h9-10,13,16,18H,3-8,11-12,14-15H2,1-2H3,(H2,21,23,24);1H. The van der Waals surface area contributed by atoms with E-state index in [0.717, 1.165) is 38.0 Å². The summed E-state index contributed by atoms with van der Waals surface area (Å²) in [6.07, 6.45) is 8.66. The van der Waals surface area contributed by atoms with Crippen molar-refractivity contribution in [3.8, 4) is 0 Å². The monoisotopic (exact) mass is 487 g/mol. The molecular weight excluding hydrogens is 453 g/mol. The molecule has 3 rings (SSSR count). The second kappa shape index (κ2) is 11.7. The zero-order chi connectivity index (χ0) is 18.2. The molecule has 2 aliphatic rings. The minimum absolute atomic E-state index is 0. The lowest BCUT2D eigenvalue weighted by Gasteiger charge is -2.32. The van der Waals surface area contributed by atoms with E-state index < -0.39 is 0 Å². The van der Waals surface area contributed by atoms with Gasteiger partial charge in [0.25, 0.3) is 0 Å². The molecule has 1 aromatic heterocycles. The maximum absolute atomic E-state index is 5.63. The second-order valence-corrected chi connectivity index (χ2v) is 7.32. The summed E-state index contributed by atoms with van der Waals surface area (Å²) < 4.78 is 5.63. The highest BCUT2D eigenvalue weighted by molar-refractivity contribution is 14.0. The van der Waals surface area contributed by atoms with E-state index in [4.69, 9.17) is 9.73 Å². The molecule has 7 heteroatoms. The van der Waals surface area contributed by atoms with Crippen molar-refractivity contribution in [1.29, 1.82) is 0 Å². The number of guanidine groups is 1. The first-order valence-electron chi connectivity index (χ1n) is 10.1. The van der Waals surface area contributed by atoms with Crippen molar-refractivity contribution in [2.24, 2.45) is 4.99 Å². The lowest BCUT2D eigenvalue weighted by molar-refractivity contribution is 0.0529. The Balaban J connectivity index is 0.00000261. The first-order valence-corrected chi connectivity index (χ1v) is 10.1. The predicted octanol–water partition coefficient (Wildman–Crippen LogP) is 3.31. The van der Waals surface area contributed by atoms with Gasteiger partial charge in [-0.3, -0.25) is 0 Å². The van der Waals surface area contributed by atoms with Gasteiger partial charge in [0.1, 0.15) is 5.82 Å². The second-order valence-electron chi connectivity index (χ2n) is 7.32. The van der Waals surface area contributed by atoms with Crippen molar-refractivity contribution < 1.29 is 4.74 Å². The molecule has 0 amide bonds. The van der Waals surface area contributed by atoms with Crippen molar-refractivity contribution >= 4 is 35.8 Å². The smallest absolute Gasteiger partial charge is 0.191 e. The Labute approximate surface area is 180 Å².